The first-order valence-electron chi connectivity index (χ1n) is 15.1. The zero-order chi connectivity index (χ0) is 32.5. The summed E-state index contributed by atoms with van der Waals surface area (Å²) >= 11 is 0. The van der Waals surface area contributed by atoms with Crippen molar-refractivity contribution in [3.8, 4) is 0 Å². The first-order valence-corrected chi connectivity index (χ1v) is 15.1. The van der Waals surface area contributed by atoms with Crippen LogP contribution in [-0.2, 0) is 38.5 Å². The summed E-state index contributed by atoms with van der Waals surface area (Å²) in [5.41, 5.74) is 4.91. The Morgan fingerprint density at radius 1 is 0.935 bits per heavy atom. The Labute approximate surface area is 266 Å². The molecular formula is C32H33B2N3O9. The number of aryl methyl sites for hydroxylation is 1. The molecule has 12 nitrogen and oxygen atoms in total. The summed E-state index contributed by atoms with van der Waals surface area (Å²) < 4.78 is 10.5. The number of carbonyl (C=O) groups is 4. The maximum absolute atomic E-state index is 13.9. The van der Waals surface area contributed by atoms with Gasteiger partial charge in [0.1, 0.15) is 6.04 Å². The first kappa shape index (κ1) is 31.5. The quantitative estimate of drug-likeness (QED) is 0.199. The van der Waals surface area contributed by atoms with Crippen LogP contribution >= 0.6 is 0 Å². The average molecular weight is 625 g/mol. The number of benzene rings is 3. The summed E-state index contributed by atoms with van der Waals surface area (Å²) in [4.78, 5) is 54.1. The Bertz CT molecular complexity index is 1700. The highest BCUT2D eigenvalue weighted by atomic mass is 16.5. The Morgan fingerprint density at radius 3 is 2.24 bits per heavy atom. The van der Waals surface area contributed by atoms with Crippen molar-refractivity contribution < 1.29 is 43.6 Å². The largest absolute Gasteiger partial charge is 0.491 e. The maximum Gasteiger partial charge on any atom is 0.491 e. The van der Waals surface area contributed by atoms with Gasteiger partial charge in [-0.25, -0.2) is 0 Å². The molecule has 3 amide bonds. The van der Waals surface area contributed by atoms with E-state index in [0.717, 1.165) is 22.3 Å². The molecule has 0 aromatic heterocycles. The molecule has 0 bridgehead atoms. The summed E-state index contributed by atoms with van der Waals surface area (Å²) in [6.45, 7) is 2.39. The SMILES string of the molecule is Cc1cccc(C[C@@H](CC(=O)O)NC(=O)[C@@H]2C[C@@H](NC(=O)c3ccc4c(c3)B(O)OC4)CN2C(=O)c2ccc3c(c2)B(O)OC3)c1. The summed E-state index contributed by atoms with van der Waals surface area (Å²) in [6, 6.07) is 14.9. The molecule has 1 fully saturated rings. The van der Waals surface area contributed by atoms with Gasteiger partial charge in [0.2, 0.25) is 5.91 Å². The second-order valence-corrected chi connectivity index (χ2v) is 12.0. The topological polar surface area (TPSA) is 175 Å². The number of carbonyl (C=O) groups excluding carboxylic acids is 3. The number of amides is 3. The van der Waals surface area contributed by atoms with E-state index >= 15 is 0 Å². The fourth-order valence-electron chi connectivity index (χ4n) is 6.36. The first-order chi connectivity index (χ1) is 22.0. The van der Waals surface area contributed by atoms with Crippen molar-refractivity contribution >= 4 is 48.9 Å². The molecule has 236 valence electrons. The lowest BCUT2D eigenvalue weighted by molar-refractivity contribution is -0.137. The molecule has 0 unspecified atom stereocenters. The van der Waals surface area contributed by atoms with Crippen LogP contribution in [0.4, 0.5) is 0 Å². The van der Waals surface area contributed by atoms with Crippen LogP contribution in [0.2, 0.25) is 0 Å². The third-order valence-corrected chi connectivity index (χ3v) is 8.66. The fraction of sp³-hybridized carbons (Fsp3) is 0.312. The molecule has 0 spiro atoms. The molecular weight excluding hydrogens is 592 g/mol. The van der Waals surface area contributed by atoms with Crippen molar-refractivity contribution in [1.29, 1.82) is 0 Å². The highest BCUT2D eigenvalue weighted by Gasteiger charge is 2.42. The minimum Gasteiger partial charge on any atom is -0.481 e. The van der Waals surface area contributed by atoms with Gasteiger partial charge < -0.3 is 40.0 Å². The Hall–Kier alpha value is -4.49. The van der Waals surface area contributed by atoms with Gasteiger partial charge in [-0.3, -0.25) is 19.2 Å². The van der Waals surface area contributed by atoms with Crippen LogP contribution in [0, 0.1) is 6.92 Å². The zero-order valence-corrected chi connectivity index (χ0v) is 25.1. The van der Waals surface area contributed by atoms with Crippen molar-refractivity contribution in [2.24, 2.45) is 0 Å². The lowest BCUT2D eigenvalue weighted by atomic mass is 9.78. The molecule has 0 radical (unpaired) electrons. The summed E-state index contributed by atoms with van der Waals surface area (Å²) in [7, 11) is -2.28. The van der Waals surface area contributed by atoms with Gasteiger partial charge in [-0.15, -0.1) is 0 Å². The number of aliphatic carboxylic acids is 1. The number of nitrogens with one attached hydrogen (secondary N) is 2. The number of fused-ring (bicyclic) bond motifs is 2. The van der Waals surface area contributed by atoms with Crippen molar-refractivity contribution in [2.45, 2.75) is 57.5 Å². The molecule has 46 heavy (non-hydrogen) atoms. The second-order valence-electron chi connectivity index (χ2n) is 12.0. The summed E-state index contributed by atoms with van der Waals surface area (Å²) in [5.74, 6) is -2.54. The number of likely N-dealkylation sites (tertiary alicyclic amines) is 1. The van der Waals surface area contributed by atoms with Crippen LogP contribution in [0.15, 0.2) is 60.7 Å². The van der Waals surface area contributed by atoms with Gasteiger partial charge in [0.05, 0.1) is 19.6 Å². The molecule has 5 N–H and O–H groups in total. The smallest absolute Gasteiger partial charge is 0.481 e. The van der Waals surface area contributed by atoms with Crippen molar-refractivity contribution in [3.05, 3.63) is 94.0 Å². The lowest BCUT2D eigenvalue weighted by Crippen LogP contribution is -2.50. The molecule has 14 heteroatoms. The standard InChI is InChI=1S/C32H33B2N3O9/c1-18-3-2-4-19(9-18)10-24(14-29(38)39)35-31(41)28-13-25(36-30(40)20-5-7-22-16-45-33(43)26(22)11-20)15-37(28)32(42)21-6-8-23-17-46-34(44)27(23)12-21/h2-9,11-12,24-25,28,43-44H,10,13-17H2,1H3,(H,35,41)(H,36,40)(H,38,39)/t24-,25+,28-/m0/s1. The number of hydrogen-bond acceptors (Lipinski definition) is 8. The number of rotatable bonds is 9. The molecule has 3 atom stereocenters. The third kappa shape index (κ3) is 6.70. The highest BCUT2D eigenvalue weighted by molar-refractivity contribution is 6.62. The van der Waals surface area contributed by atoms with Gasteiger partial charge in [-0.1, -0.05) is 42.0 Å². The van der Waals surface area contributed by atoms with Crippen LogP contribution in [-0.4, -0.2) is 82.7 Å². The Balaban J connectivity index is 1.23. The highest BCUT2D eigenvalue weighted by Crippen LogP contribution is 2.24. The van der Waals surface area contributed by atoms with E-state index < -0.39 is 56.1 Å². The van der Waals surface area contributed by atoms with Crippen LogP contribution in [0.5, 0.6) is 0 Å². The summed E-state index contributed by atoms with van der Waals surface area (Å²) in [6.07, 6.45) is 0.0369. The van der Waals surface area contributed by atoms with Crippen LogP contribution in [0.1, 0.15) is 55.8 Å². The van der Waals surface area contributed by atoms with Gasteiger partial charge >= 0.3 is 20.2 Å². The Morgan fingerprint density at radius 2 is 1.59 bits per heavy atom. The van der Waals surface area contributed by atoms with E-state index in [1.54, 1.807) is 36.4 Å². The minimum atomic E-state index is -1.16. The van der Waals surface area contributed by atoms with Crippen molar-refractivity contribution in [1.82, 2.24) is 15.5 Å². The summed E-state index contributed by atoms with van der Waals surface area (Å²) in [5, 5.41) is 35.6. The van der Waals surface area contributed by atoms with E-state index in [9.17, 15) is 34.3 Å². The molecule has 3 aliphatic heterocycles. The number of carboxylic acid groups (broad SMARTS) is 1. The molecule has 0 aliphatic carbocycles. The number of nitrogens with zero attached hydrogens (tertiary/aromatic N) is 1. The molecule has 3 aliphatic rings. The molecule has 3 heterocycles. The van der Waals surface area contributed by atoms with Gasteiger partial charge in [0.15, 0.2) is 0 Å². The van der Waals surface area contributed by atoms with E-state index in [1.807, 2.05) is 31.2 Å². The van der Waals surface area contributed by atoms with E-state index in [1.165, 1.54) is 4.90 Å². The van der Waals surface area contributed by atoms with Gasteiger partial charge in [0.25, 0.3) is 11.8 Å². The lowest BCUT2D eigenvalue weighted by Gasteiger charge is -2.26. The zero-order valence-electron chi connectivity index (χ0n) is 25.1. The minimum absolute atomic E-state index is 0.0109. The van der Waals surface area contributed by atoms with E-state index in [2.05, 4.69) is 10.6 Å². The van der Waals surface area contributed by atoms with Crippen LogP contribution < -0.4 is 21.6 Å². The Kier molecular flexibility index (Phi) is 8.96. The van der Waals surface area contributed by atoms with Gasteiger partial charge in [-0.05, 0) is 71.6 Å². The maximum atomic E-state index is 13.9. The second kappa shape index (κ2) is 13.1. The van der Waals surface area contributed by atoms with Gasteiger partial charge in [0, 0.05) is 29.8 Å². The average Bonchev–Trinajstić information content (AvgIpc) is 3.73. The van der Waals surface area contributed by atoms with E-state index in [4.69, 9.17) is 9.31 Å². The predicted molar refractivity (Wildman–Crippen MR) is 167 cm³/mol. The van der Waals surface area contributed by atoms with Crippen LogP contribution in [0.3, 0.4) is 0 Å². The van der Waals surface area contributed by atoms with Crippen molar-refractivity contribution in [3.63, 3.8) is 0 Å². The monoisotopic (exact) mass is 625 g/mol. The molecule has 6 rings (SSSR count). The number of carboxylic acids is 1. The van der Waals surface area contributed by atoms with Crippen molar-refractivity contribution in [2.75, 3.05) is 6.54 Å². The van der Waals surface area contributed by atoms with E-state index in [0.29, 0.717) is 16.5 Å². The van der Waals surface area contributed by atoms with Crippen LogP contribution in [0.25, 0.3) is 0 Å². The fourth-order valence-corrected chi connectivity index (χ4v) is 6.36. The molecule has 3 aromatic carbocycles. The van der Waals surface area contributed by atoms with E-state index in [-0.39, 0.29) is 44.6 Å². The predicted octanol–water partition coefficient (Wildman–Crippen LogP) is -0.354. The molecule has 3 aromatic rings. The normalized spacial score (nSPS) is 19.1. The third-order valence-electron chi connectivity index (χ3n) is 8.66. The number of hydrogen-bond donors (Lipinski definition) is 5. The molecule has 0 saturated carbocycles. The van der Waals surface area contributed by atoms with Gasteiger partial charge in [-0.2, -0.15) is 0 Å². The molecule has 1 saturated heterocycles.